The fourth-order valence-corrected chi connectivity index (χ4v) is 3.64. The van der Waals surface area contributed by atoms with Crippen molar-refractivity contribution in [1.82, 2.24) is 19.8 Å². The summed E-state index contributed by atoms with van der Waals surface area (Å²) in [7, 11) is 0. The number of hydrogen-bond acceptors (Lipinski definition) is 3. The van der Waals surface area contributed by atoms with Crippen molar-refractivity contribution >= 4 is 11.8 Å². The van der Waals surface area contributed by atoms with Gasteiger partial charge in [0.25, 0.3) is 5.91 Å². The van der Waals surface area contributed by atoms with Gasteiger partial charge in [0.2, 0.25) is 5.91 Å². The number of amides is 2. The molecule has 3 rings (SSSR count). The number of hydrogen-bond donors (Lipinski definition) is 1. The maximum Gasteiger partial charge on any atom is 0.272 e. The number of imidazole rings is 1. The van der Waals surface area contributed by atoms with Crippen LogP contribution in [0, 0.1) is 5.92 Å². The van der Waals surface area contributed by atoms with Gasteiger partial charge in [0.15, 0.2) is 0 Å². The Morgan fingerprint density at radius 1 is 1.22 bits per heavy atom. The Kier molecular flexibility index (Phi) is 6.27. The lowest BCUT2D eigenvalue weighted by Crippen LogP contribution is -2.40. The summed E-state index contributed by atoms with van der Waals surface area (Å²) in [5, 5.41) is 3.08. The zero-order valence-electron chi connectivity index (χ0n) is 16.1. The third-order valence-corrected chi connectivity index (χ3v) is 5.32. The van der Waals surface area contributed by atoms with Crippen LogP contribution in [0.1, 0.15) is 55.2 Å². The number of carbonyl (C=O) groups is 2. The Labute approximate surface area is 160 Å². The molecule has 1 aromatic carbocycles. The summed E-state index contributed by atoms with van der Waals surface area (Å²) >= 11 is 0. The Hall–Kier alpha value is -2.63. The third kappa shape index (κ3) is 4.76. The monoisotopic (exact) mass is 368 g/mol. The summed E-state index contributed by atoms with van der Waals surface area (Å²) in [5.41, 5.74) is 1.75. The molecule has 1 N–H and O–H groups in total. The maximum absolute atomic E-state index is 12.7. The lowest BCUT2D eigenvalue weighted by atomic mass is 9.93. The van der Waals surface area contributed by atoms with E-state index < -0.39 is 0 Å². The second-order valence-corrected chi connectivity index (χ2v) is 7.20. The minimum atomic E-state index is 0.00898. The first-order valence-corrected chi connectivity index (χ1v) is 9.72. The van der Waals surface area contributed by atoms with E-state index in [-0.39, 0.29) is 17.9 Å². The average molecular weight is 368 g/mol. The lowest BCUT2D eigenvalue weighted by molar-refractivity contribution is -0.122. The van der Waals surface area contributed by atoms with Crippen LogP contribution >= 0.6 is 0 Å². The highest BCUT2D eigenvalue weighted by Crippen LogP contribution is 2.22. The van der Waals surface area contributed by atoms with E-state index in [0.29, 0.717) is 31.1 Å². The van der Waals surface area contributed by atoms with Crippen LogP contribution in [0.2, 0.25) is 0 Å². The highest BCUT2D eigenvalue weighted by Gasteiger charge is 2.26. The molecular formula is C21H28N4O2. The van der Waals surface area contributed by atoms with E-state index in [1.165, 1.54) is 0 Å². The molecule has 1 atom stereocenters. The molecule has 6 nitrogen and oxygen atoms in total. The first-order chi connectivity index (χ1) is 13.1. The van der Waals surface area contributed by atoms with Crippen LogP contribution < -0.4 is 5.32 Å². The Morgan fingerprint density at radius 3 is 2.59 bits per heavy atom. The normalized spacial score (nSPS) is 16.1. The molecule has 1 aromatic heterocycles. The van der Waals surface area contributed by atoms with Gasteiger partial charge in [-0.15, -0.1) is 0 Å². The van der Waals surface area contributed by atoms with E-state index in [9.17, 15) is 9.59 Å². The number of carbonyl (C=O) groups excluding carboxylic acids is 2. The molecule has 0 bridgehead atoms. The van der Waals surface area contributed by atoms with Crippen LogP contribution in [0.5, 0.6) is 0 Å². The van der Waals surface area contributed by atoms with Gasteiger partial charge in [-0.2, -0.15) is 0 Å². The summed E-state index contributed by atoms with van der Waals surface area (Å²) in [6, 6.07) is 9.99. The quantitative estimate of drug-likeness (QED) is 0.852. The SMILES string of the molecule is CCn1cncc1C(=O)N1CCC(CC(=O)N[C@H](C)c2ccccc2)CC1. The first-order valence-electron chi connectivity index (χ1n) is 9.72. The van der Waals surface area contributed by atoms with Crippen molar-refractivity contribution in [1.29, 1.82) is 0 Å². The molecular weight excluding hydrogens is 340 g/mol. The second-order valence-electron chi connectivity index (χ2n) is 7.20. The summed E-state index contributed by atoms with van der Waals surface area (Å²) in [5.74, 6) is 0.447. The number of rotatable bonds is 6. The Bertz CT molecular complexity index is 763. The molecule has 2 amide bonds. The van der Waals surface area contributed by atoms with E-state index in [1.807, 2.05) is 53.6 Å². The number of likely N-dealkylation sites (tertiary alicyclic amines) is 1. The van der Waals surface area contributed by atoms with Crippen LogP contribution in [0.3, 0.4) is 0 Å². The Balaban J connectivity index is 1.46. The fraction of sp³-hybridized carbons (Fsp3) is 0.476. The zero-order chi connectivity index (χ0) is 19.2. The van der Waals surface area contributed by atoms with Crippen molar-refractivity contribution in [3.8, 4) is 0 Å². The molecule has 1 fully saturated rings. The number of nitrogens with one attached hydrogen (secondary N) is 1. The van der Waals surface area contributed by atoms with Crippen molar-refractivity contribution in [3.63, 3.8) is 0 Å². The molecule has 0 aliphatic carbocycles. The van der Waals surface area contributed by atoms with Crippen LogP contribution in [0.15, 0.2) is 42.9 Å². The molecule has 144 valence electrons. The smallest absolute Gasteiger partial charge is 0.272 e. The summed E-state index contributed by atoms with van der Waals surface area (Å²) in [6.45, 7) is 6.13. The van der Waals surface area contributed by atoms with Gasteiger partial charge < -0.3 is 14.8 Å². The number of benzene rings is 1. The van der Waals surface area contributed by atoms with E-state index in [2.05, 4.69) is 10.3 Å². The standard InChI is InChI=1S/C21H28N4O2/c1-3-24-15-22-14-19(24)21(27)25-11-9-17(10-12-25)13-20(26)23-16(2)18-7-5-4-6-8-18/h4-8,14-17H,3,9-13H2,1-2H3,(H,23,26)/t16-/m1/s1. The first kappa shape index (κ1) is 19.1. The van der Waals surface area contributed by atoms with Gasteiger partial charge in [0.05, 0.1) is 18.6 Å². The van der Waals surface area contributed by atoms with Gasteiger partial charge in [-0.3, -0.25) is 9.59 Å². The molecule has 0 spiro atoms. The summed E-state index contributed by atoms with van der Waals surface area (Å²) < 4.78 is 1.87. The van der Waals surface area contributed by atoms with Crippen LogP contribution in [-0.4, -0.2) is 39.4 Å². The molecule has 0 radical (unpaired) electrons. The Morgan fingerprint density at radius 2 is 1.93 bits per heavy atom. The molecule has 2 heterocycles. The third-order valence-electron chi connectivity index (χ3n) is 5.32. The van der Waals surface area contributed by atoms with Crippen molar-refractivity contribution < 1.29 is 9.59 Å². The van der Waals surface area contributed by atoms with Gasteiger partial charge in [0.1, 0.15) is 5.69 Å². The maximum atomic E-state index is 12.7. The van der Waals surface area contributed by atoms with Crippen LogP contribution in [0.4, 0.5) is 0 Å². The van der Waals surface area contributed by atoms with Crippen molar-refractivity contribution in [2.75, 3.05) is 13.1 Å². The summed E-state index contributed by atoms with van der Waals surface area (Å²) in [4.78, 5) is 31.0. The average Bonchev–Trinajstić information content (AvgIpc) is 3.17. The van der Waals surface area contributed by atoms with E-state index in [1.54, 1.807) is 12.5 Å². The summed E-state index contributed by atoms with van der Waals surface area (Å²) in [6.07, 6.45) is 5.57. The van der Waals surface area contributed by atoms with Gasteiger partial charge >= 0.3 is 0 Å². The highest BCUT2D eigenvalue weighted by molar-refractivity contribution is 5.92. The molecule has 0 saturated carbocycles. The van der Waals surface area contributed by atoms with Crippen molar-refractivity contribution in [3.05, 3.63) is 54.1 Å². The second kappa shape index (κ2) is 8.84. The van der Waals surface area contributed by atoms with Crippen LogP contribution in [-0.2, 0) is 11.3 Å². The van der Waals surface area contributed by atoms with Gasteiger partial charge in [-0.1, -0.05) is 30.3 Å². The molecule has 6 heteroatoms. The van der Waals surface area contributed by atoms with Crippen molar-refractivity contribution in [2.45, 2.75) is 45.7 Å². The topological polar surface area (TPSA) is 67.2 Å². The largest absolute Gasteiger partial charge is 0.350 e. The predicted molar refractivity (Wildman–Crippen MR) is 104 cm³/mol. The van der Waals surface area contributed by atoms with Crippen molar-refractivity contribution in [2.24, 2.45) is 5.92 Å². The molecule has 27 heavy (non-hydrogen) atoms. The number of aromatic nitrogens is 2. The van der Waals surface area contributed by atoms with E-state index in [0.717, 1.165) is 24.9 Å². The zero-order valence-corrected chi connectivity index (χ0v) is 16.1. The van der Waals surface area contributed by atoms with Crippen LogP contribution in [0.25, 0.3) is 0 Å². The van der Waals surface area contributed by atoms with E-state index in [4.69, 9.17) is 0 Å². The minimum Gasteiger partial charge on any atom is -0.350 e. The molecule has 0 unspecified atom stereocenters. The highest BCUT2D eigenvalue weighted by atomic mass is 16.2. The molecule has 1 saturated heterocycles. The molecule has 1 aliphatic heterocycles. The number of aryl methyl sites for hydroxylation is 1. The van der Waals surface area contributed by atoms with E-state index >= 15 is 0 Å². The van der Waals surface area contributed by atoms with Gasteiger partial charge in [-0.05, 0) is 38.2 Å². The lowest BCUT2D eigenvalue weighted by Gasteiger charge is -2.32. The predicted octanol–water partition coefficient (Wildman–Crippen LogP) is 3.02. The molecule has 1 aliphatic rings. The number of nitrogens with zero attached hydrogens (tertiary/aromatic N) is 3. The van der Waals surface area contributed by atoms with Gasteiger partial charge in [0, 0.05) is 26.1 Å². The number of piperidine rings is 1. The van der Waals surface area contributed by atoms with Gasteiger partial charge in [-0.25, -0.2) is 4.98 Å². The minimum absolute atomic E-state index is 0.00898. The fourth-order valence-electron chi connectivity index (χ4n) is 3.64. The molecule has 2 aromatic rings.